The van der Waals surface area contributed by atoms with Crippen LogP contribution in [0.15, 0.2) is 96.1 Å². The molecular weight excluding hydrogens is 629 g/mol. The van der Waals surface area contributed by atoms with E-state index >= 15 is 0 Å². The van der Waals surface area contributed by atoms with Gasteiger partial charge in [-0.1, -0.05) is 131 Å². The molecule has 3 aromatic rings. The van der Waals surface area contributed by atoms with E-state index < -0.39 is 40.3 Å². The summed E-state index contributed by atoms with van der Waals surface area (Å²) in [5, 5.41) is 11.8. The Labute approximate surface area is 270 Å². The molecule has 1 fully saturated rings. The molecule has 44 heavy (non-hydrogen) atoms. The molecule has 0 bridgehead atoms. The van der Waals surface area contributed by atoms with Crippen LogP contribution in [0.3, 0.4) is 0 Å². The van der Waals surface area contributed by atoms with Gasteiger partial charge in [0.2, 0.25) is 12.2 Å². The van der Waals surface area contributed by atoms with Gasteiger partial charge in [0.15, 0.2) is 0 Å². The second-order valence-corrected chi connectivity index (χ2v) is 12.3. The van der Waals surface area contributed by atoms with E-state index in [-0.39, 0.29) is 19.8 Å². The molecule has 13 heteroatoms. The van der Waals surface area contributed by atoms with E-state index in [1.54, 1.807) is 4.90 Å². The topological polar surface area (TPSA) is 130 Å². The van der Waals surface area contributed by atoms with Gasteiger partial charge in [-0.25, -0.2) is 4.79 Å². The largest absolute Gasteiger partial charge is 0.448 e. The Kier molecular flexibility index (Phi) is 12.6. The summed E-state index contributed by atoms with van der Waals surface area (Å²) in [5.74, 6) is -0.688. The highest BCUT2D eigenvalue weighted by Gasteiger charge is 2.42. The van der Waals surface area contributed by atoms with Crippen molar-refractivity contribution in [2.75, 3.05) is 6.61 Å². The van der Waals surface area contributed by atoms with Crippen LogP contribution in [-0.4, -0.2) is 51.8 Å². The van der Waals surface area contributed by atoms with E-state index in [1.165, 1.54) is 0 Å². The number of nitrogens with one attached hydrogen (secondary N) is 1. The second kappa shape index (κ2) is 16.5. The number of alkyl halides is 3. The average molecular weight is 661 g/mol. The Morgan fingerprint density at radius 1 is 0.955 bits per heavy atom. The third kappa shape index (κ3) is 10.0. The summed E-state index contributed by atoms with van der Waals surface area (Å²) in [6.07, 6.45) is -1.81. The maximum atomic E-state index is 13.8. The van der Waals surface area contributed by atoms with Crippen LogP contribution in [0.2, 0.25) is 0 Å². The quantitative estimate of drug-likeness (QED) is 0.0526. The summed E-state index contributed by atoms with van der Waals surface area (Å²) in [5.41, 5.74) is 11.8. The van der Waals surface area contributed by atoms with Gasteiger partial charge in [0.25, 0.3) is 3.79 Å². The molecule has 1 N–H and O–H groups in total. The molecule has 0 saturated carbocycles. The number of carbonyl (C=O) groups is 1. The van der Waals surface area contributed by atoms with Crippen molar-refractivity contribution in [3.05, 3.63) is 118 Å². The van der Waals surface area contributed by atoms with Gasteiger partial charge in [-0.2, -0.15) is 0 Å². The Hall–Kier alpha value is -3.50. The number of nitrogens with zero attached hydrogens (tertiary/aromatic N) is 4. The number of hydrogen-bond acceptors (Lipinski definition) is 7. The number of benzene rings is 3. The molecule has 10 nitrogen and oxygen atoms in total. The van der Waals surface area contributed by atoms with Crippen LogP contribution in [0.1, 0.15) is 29.5 Å². The molecule has 1 heterocycles. The number of amides is 1. The van der Waals surface area contributed by atoms with Crippen molar-refractivity contribution in [2.45, 2.75) is 60.9 Å². The van der Waals surface area contributed by atoms with Crippen molar-refractivity contribution in [1.29, 1.82) is 5.41 Å². The van der Waals surface area contributed by atoms with Crippen LogP contribution in [0, 0.1) is 5.41 Å². The fourth-order valence-corrected chi connectivity index (χ4v) is 4.86. The van der Waals surface area contributed by atoms with E-state index in [9.17, 15) is 4.79 Å². The Balaban J connectivity index is 1.62. The fraction of sp³-hybridized carbons (Fsp3) is 0.355. The van der Waals surface area contributed by atoms with Gasteiger partial charge in [0.1, 0.15) is 6.61 Å². The SMILES string of the molecule is [N-]=[N+]=N[C@@H]1CC[C@@H]([C@H](COCc2ccccc2)N(Cc2ccccc2)C(=O)OCc2ccccc2)OC1OC(=N)C(Cl)(Cl)Cl. The Morgan fingerprint density at radius 3 is 2.09 bits per heavy atom. The zero-order valence-electron chi connectivity index (χ0n) is 23.7. The Morgan fingerprint density at radius 2 is 1.52 bits per heavy atom. The van der Waals surface area contributed by atoms with Crippen LogP contribution in [0.25, 0.3) is 10.4 Å². The molecule has 1 aliphatic rings. The van der Waals surface area contributed by atoms with Crippen LogP contribution < -0.4 is 0 Å². The molecule has 4 atom stereocenters. The van der Waals surface area contributed by atoms with Gasteiger partial charge in [0, 0.05) is 11.5 Å². The molecule has 1 amide bonds. The summed E-state index contributed by atoms with van der Waals surface area (Å²) in [7, 11) is 0. The second-order valence-electron chi connectivity index (χ2n) is 10.1. The lowest BCUT2D eigenvalue weighted by Crippen LogP contribution is -2.54. The molecule has 1 aliphatic heterocycles. The van der Waals surface area contributed by atoms with Crippen LogP contribution in [0.4, 0.5) is 4.79 Å². The smallest absolute Gasteiger partial charge is 0.410 e. The van der Waals surface area contributed by atoms with Crippen LogP contribution in [0.5, 0.6) is 0 Å². The maximum Gasteiger partial charge on any atom is 0.410 e. The number of carbonyl (C=O) groups excluding carboxylic acids is 1. The highest BCUT2D eigenvalue weighted by atomic mass is 35.6. The number of halogens is 3. The van der Waals surface area contributed by atoms with Crippen molar-refractivity contribution < 1.29 is 23.7 Å². The zero-order valence-corrected chi connectivity index (χ0v) is 25.9. The van der Waals surface area contributed by atoms with Crippen molar-refractivity contribution in [3.8, 4) is 0 Å². The third-order valence-electron chi connectivity index (χ3n) is 6.93. The highest BCUT2D eigenvalue weighted by Crippen LogP contribution is 2.33. The molecule has 0 spiro atoms. The minimum absolute atomic E-state index is 0.0686. The van der Waals surface area contributed by atoms with Crippen LogP contribution in [-0.2, 0) is 38.7 Å². The lowest BCUT2D eigenvalue weighted by atomic mass is 9.97. The van der Waals surface area contributed by atoms with Gasteiger partial charge in [-0.15, -0.1) is 0 Å². The minimum atomic E-state index is -2.16. The molecule has 1 saturated heterocycles. The lowest BCUT2D eigenvalue weighted by molar-refractivity contribution is -0.187. The molecule has 0 radical (unpaired) electrons. The maximum absolute atomic E-state index is 13.8. The predicted molar refractivity (Wildman–Crippen MR) is 168 cm³/mol. The standard InChI is InChI=1S/C31H32Cl3N5O5/c32-31(33,34)29(35)44-28-25(37-38-36)16-17-27(43-28)26(21-41-19-23-12-6-2-7-13-23)39(18-22-10-4-1-5-11-22)30(40)42-20-24-14-8-3-9-15-24/h1-15,25-28,35H,16-21H2/t25-,26+,27+,28?/m1/s1. The van der Waals surface area contributed by atoms with Crippen molar-refractivity contribution in [3.63, 3.8) is 0 Å². The summed E-state index contributed by atoms with van der Waals surface area (Å²) < 4.78 is 21.6. The number of ether oxygens (including phenoxy) is 4. The molecule has 3 aromatic carbocycles. The molecular formula is C31H32Cl3N5O5. The van der Waals surface area contributed by atoms with Gasteiger partial charge in [0.05, 0.1) is 31.4 Å². The van der Waals surface area contributed by atoms with Crippen molar-refractivity contribution >= 4 is 46.8 Å². The van der Waals surface area contributed by atoms with Gasteiger partial charge < -0.3 is 18.9 Å². The normalized spacial score (nSPS) is 18.8. The zero-order chi connectivity index (χ0) is 31.4. The number of azide groups is 1. The summed E-state index contributed by atoms with van der Waals surface area (Å²) in [6.45, 7) is 0.636. The highest BCUT2D eigenvalue weighted by molar-refractivity contribution is 6.76. The summed E-state index contributed by atoms with van der Waals surface area (Å²) in [4.78, 5) is 18.3. The fourth-order valence-electron chi connectivity index (χ4n) is 4.72. The summed E-state index contributed by atoms with van der Waals surface area (Å²) >= 11 is 17.6. The number of rotatable bonds is 12. The predicted octanol–water partition coefficient (Wildman–Crippen LogP) is 7.96. The minimum Gasteiger partial charge on any atom is -0.448 e. The van der Waals surface area contributed by atoms with E-state index in [0.29, 0.717) is 19.4 Å². The molecule has 0 aliphatic carbocycles. The molecule has 1 unspecified atom stereocenters. The van der Waals surface area contributed by atoms with Gasteiger partial charge in [-0.05, 0) is 35.1 Å². The first kappa shape index (κ1) is 33.4. The summed E-state index contributed by atoms with van der Waals surface area (Å²) in [6, 6.07) is 27.0. The average Bonchev–Trinajstić information content (AvgIpc) is 3.03. The van der Waals surface area contributed by atoms with Crippen molar-refractivity contribution in [1.82, 2.24) is 4.90 Å². The van der Waals surface area contributed by atoms with Crippen molar-refractivity contribution in [2.24, 2.45) is 5.11 Å². The van der Waals surface area contributed by atoms with E-state index in [1.807, 2.05) is 91.0 Å². The monoisotopic (exact) mass is 659 g/mol. The van der Waals surface area contributed by atoms with E-state index in [4.69, 9.17) is 64.7 Å². The molecule has 4 rings (SSSR count). The van der Waals surface area contributed by atoms with Gasteiger partial charge in [-0.3, -0.25) is 10.3 Å². The first-order valence-corrected chi connectivity index (χ1v) is 15.0. The first-order chi connectivity index (χ1) is 21.2. The van der Waals surface area contributed by atoms with E-state index in [0.717, 1.165) is 16.7 Å². The van der Waals surface area contributed by atoms with Gasteiger partial charge >= 0.3 is 6.09 Å². The Bertz CT molecular complexity index is 1390. The van der Waals surface area contributed by atoms with E-state index in [2.05, 4.69) is 10.0 Å². The third-order valence-corrected chi connectivity index (χ3v) is 7.44. The first-order valence-electron chi connectivity index (χ1n) is 13.9. The molecule has 232 valence electrons. The molecule has 0 aromatic heterocycles. The lowest BCUT2D eigenvalue weighted by Gasteiger charge is -2.41. The van der Waals surface area contributed by atoms with Crippen LogP contribution >= 0.6 is 34.8 Å². The number of hydrogen-bond donors (Lipinski definition) is 1.